The first-order valence-electron chi connectivity index (χ1n) is 10.9. The summed E-state index contributed by atoms with van der Waals surface area (Å²) < 4.78 is 33.5. The van der Waals surface area contributed by atoms with E-state index in [9.17, 15) is 13.2 Å². The van der Waals surface area contributed by atoms with E-state index in [-0.39, 0.29) is 16.9 Å². The molecule has 31 heavy (non-hydrogen) atoms. The van der Waals surface area contributed by atoms with Gasteiger partial charge >= 0.3 is 0 Å². The maximum atomic E-state index is 13.1. The van der Waals surface area contributed by atoms with Crippen LogP contribution in [0.3, 0.4) is 0 Å². The van der Waals surface area contributed by atoms with Gasteiger partial charge < -0.3 is 10.1 Å². The molecule has 0 aromatic heterocycles. The molecular formula is C24H32N2O4S. The Morgan fingerprint density at radius 3 is 2.52 bits per heavy atom. The second-order valence-electron chi connectivity index (χ2n) is 8.33. The molecule has 0 spiro atoms. The highest BCUT2D eigenvalue weighted by Crippen LogP contribution is 2.31. The largest absolute Gasteiger partial charge is 0.489 e. The Morgan fingerprint density at radius 1 is 1.10 bits per heavy atom. The summed E-state index contributed by atoms with van der Waals surface area (Å²) in [7, 11) is -3.60. The molecule has 0 atom stereocenters. The fraction of sp³-hybridized carbons (Fsp3) is 0.458. The van der Waals surface area contributed by atoms with E-state index >= 15 is 0 Å². The number of nitrogens with one attached hydrogen (secondary N) is 1. The highest BCUT2D eigenvalue weighted by molar-refractivity contribution is 7.89. The number of benzene rings is 2. The van der Waals surface area contributed by atoms with Gasteiger partial charge in [0.1, 0.15) is 5.75 Å². The molecule has 1 heterocycles. The number of ether oxygens (including phenoxy) is 1. The van der Waals surface area contributed by atoms with Crippen molar-refractivity contribution >= 4 is 21.6 Å². The van der Waals surface area contributed by atoms with E-state index in [0.29, 0.717) is 37.4 Å². The minimum Gasteiger partial charge on any atom is -0.489 e. The number of amides is 1. The minimum absolute atomic E-state index is 0.104. The van der Waals surface area contributed by atoms with Gasteiger partial charge in [0.25, 0.3) is 0 Å². The molecule has 0 saturated carbocycles. The average Bonchev–Trinajstić information content (AvgIpc) is 2.74. The van der Waals surface area contributed by atoms with Crippen molar-refractivity contribution in [1.29, 1.82) is 0 Å². The predicted octanol–water partition coefficient (Wildman–Crippen LogP) is 4.53. The van der Waals surface area contributed by atoms with E-state index in [1.807, 2.05) is 39.0 Å². The van der Waals surface area contributed by atoms with Gasteiger partial charge in [-0.25, -0.2) is 8.42 Å². The van der Waals surface area contributed by atoms with Crippen molar-refractivity contribution in [3.63, 3.8) is 0 Å². The summed E-state index contributed by atoms with van der Waals surface area (Å²) in [5, 5.41) is 2.87. The van der Waals surface area contributed by atoms with E-state index in [1.54, 1.807) is 12.1 Å². The molecule has 1 fully saturated rings. The second-order valence-corrected chi connectivity index (χ2v) is 10.3. The van der Waals surface area contributed by atoms with Crippen LogP contribution in [0, 0.1) is 6.92 Å². The van der Waals surface area contributed by atoms with E-state index in [4.69, 9.17) is 4.74 Å². The molecule has 1 amide bonds. The first kappa shape index (κ1) is 23.3. The van der Waals surface area contributed by atoms with Crippen molar-refractivity contribution in [1.82, 2.24) is 4.31 Å². The molecule has 1 N–H and O–H groups in total. The number of piperidine rings is 1. The highest BCUT2D eigenvalue weighted by Gasteiger charge is 2.27. The molecule has 0 unspecified atom stereocenters. The number of anilines is 1. The van der Waals surface area contributed by atoms with Gasteiger partial charge in [0, 0.05) is 19.5 Å². The van der Waals surface area contributed by atoms with E-state index < -0.39 is 10.0 Å². The van der Waals surface area contributed by atoms with Crippen LogP contribution in [0.25, 0.3) is 0 Å². The van der Waals surface area contributed by atoms with Gasteiger partial charge in [-0.2, -0.15) is 4.31 Å². The first-order valence-corrected chi connectivity index (χ1v) is 12.4. The van der Waals surface area contributed by atoms with E-state index in [2.05, 4.69) is 11.4 Å². The van der Waals surface area contributed by atoms with Gasteiger partial charge in [0.2, 0.25) is 15.9 Å². The summed E-state index contributed by atoms with van der Waals surface area (Å²) in [6, 6.07) is 12.8. The number of carbonyl (C=O) groups excluding carboxylic acids is 1. The molecule has 0 aliphatic carbocycles. The molecule has 1 aliphatic heterocycles. The van der Waals surface area contributed by atoms with Crippen LogP contribution < -0.4 is 10.1 Å². The lowest BCUT2D eigenvalue weighted by Crippen LogP contribution is -2.35. The number of carbonyl (C=O) groups is 1. The molecule has 0 bridgehead atoms. The molecule has 1 saturated heterocycles. The van der Waals surface area contributed by atoms with Crippen LogP contribution in [0.2, 0.25) is 0 Å². The zero-order valence-corrected chi connectivity index (χ0v) is 19.4. The van der Waals surface area contributed by atoms with Crippen molar-refractivity contribution in [2.75, 3.05) is 18.4 Å². The molecular weight excluding hydrogens is 412 g/mol. The van der Waals surface area contributed by atoms with Crippen LogP contribution in [-0.4, -0.2) is 37.8 Å². The van der Waals surface area contributed by atoms with E-state index in [1.165, 1.54) is 10.4 Å². The van der Waals surface area contributed by atoms with Crippen molar-refractivity contribution in [2.24, 2.45) is 0 Å². The van der Waals surface area contributed by atoms with Crippen LogP contribution in [0.15, 0.2) is 47.4 Å². The lowest BCUT2D eigenvalue weighted by Gasteiger charge is -2.26. The quantitative estimate of drug-likeness (QED) is 0.649. The Hall–Kier alpha value is -2.38. The fourth-order valence-corrected chi connectivity index (χ4v) is 5.26. The summed E-state index contributed by atoms with van der Waals surface area (Å²) >= 11 is 0. The topological polar surface area (TPSA) is 75.7 Å². The summed E-state index contributed by atoms with van der Waals surface area (Å²) in [5.41, 5.74) is 2.64. The minimum atomic E-state index is -3.60. The van der Waals surface area contributed by atoms with Gasteiger partial charge in [0.05, 0.1) is 16.7 Å². The van der Waals surface area contributed by atoms with E-state index in [0.717, 1.165) is 30.4 Å². The standard InChI is InChI=1S/C24H32N2O4S/c1-18(2)30-23-12-11-21(31(28,29)26-14-5-4-6-15-26)17-22(23)25-24(27)13-10-20-9-7-8-19(3)16-20/h7-9,11-12,16-18H,4-6,10,13-15H2,1-3H3,(H,25,27). The molecule has 3 rings (SSSR count). The summed E-state index contributed by atoms with van der Waals surface area (Å²) in [4.78, 5) is 12.8. The van der Waals surface area contributed by atoms with Gasteiger partial charge in [-0.15, -0.1) is 0 Å². The third kappa shape index (κ3) is 6.31. The Balaban J connectivity index is 1.79. The van der Waals surface area contributed by atoms with Crippen molar-refractivity contribution in [3.05, 3.63) is 53.6 Å². The number of hydrogen-bond donors (Lipinski definition) is 1. The molecule has 0 radical (unpaired) electrons. The summed E-state index contributed by atoms with van der Waals surface area (Å²) in [6.07, 6.45) is 3.60. The summed E-state index contributed by atoms with van der Waals surface area (Å²) in [5.74, 6) is 0.291. The SMILES string of the molecule is Cc1cccc(CCC(=O)Nc2cc(S(=O)(=O)N3CCCCC3)ccc2OC(C)C)c1. The number of hydrogen-bond acceptors (Lipinski definition) is 4. The number of nitrogens with zero attached hydrogens (tertiary/aromatic N) is 1. The van der Waals surface area contributed by atoms with Crippen molar-refractivity contribution in [3.8, 4) is 5.75 Å². The van der Waals surface area contributed by atoms with Gasteiger partial charge in [-0.1, -0.05) is 36.2 Å². The zero-order valence-electron chi connectivity index (χ0n) is 18.6. The predicted molar refractivity (Wildman–Crippen MR) is 123 cm³/mol. The van der Waals surface area contributed by atoms with Crippen molar-refractivity contribution in [2.45, 2.75) is 63.9 Å². The number of aryl methyl sites for hydroxylation is 2. The Bertz CT molecular complexity index is 1010. The first-order chi connectivity index (χ1) is 14.8. The van der Waals surface area contributed by atoms with Gasteiger partial charge in [0.15, 0.2) is 0 Å². The molecule has 2 aromatic rings. The smallest absolute Gasteiger partial charge is 0.243 e. The number of sulfonamides is 1. The third-order valence-corrected chi connectivity index (χ3v) is 7.16. The van der Waals surface area contributed by atoms with Crippen molar-refractivity contribution < 1.29 is 17.9 Å². The zero-order chi connectivity index (χ0) is 22.4. The van der Waals surface area contributed by atoms with Crippen LogP contribution in [0.4, 0.5) is 5.69 Å². The molecule has 6 nitrogen and oxygen atoms in total. The fourth-order valence-electron chi connectivity index (χ4n) is 3.72. The Kier molecular flexibility index (Phi) is 7.73. The highest BCUT2D eigenvalue weighted by atomic mass is 32.2. The molecule has 168 valence electrons. The van der Waals surface area contributed by atoms with Crippen LogP contribution >= 0.6 is 0 Å². The molecule has 2 aromatic carbocycles. The summed E-state index contributed by atoms with van der Waals surface area (Å²) in [6.45, 7) is 6.87. The maximum absolute atomic E-state index is 13.1. The maximum Gasteiger partial charge on any atom is 0.243 e. The van der Waals surface area contributed by atoms with Gasteiger partial charge in [-0.3, -0.25) is 4.79 Å². The average molecular weight is 445 g/mol. The molecule has 1 aliphatic rings. The normalized spacial score (nSPS) is 15.1. The Morgan fingerprint density at radius 2 is 1.84 bits per heavy atom. The van der Waals surface area contributed by atoms with Crippen LogP contribution in [-0.2, 0) is 21.2 Å². The second kappa shape index (κ2) is 10.3. The monoisotopic (exact) mass is 444 g/mol. The van der Waals surface area contributed by atoms with Crippen LogP contribution in [0.1, 0.15) is 50.7 Å². The van der Waals surface area contributed by atoms with Crippen LogP contribution in [0.5, 0.6) is 5.75 Å². The lowest BCUT2D eigenvalue weighted by atomic mass is 10.1. The van der Waals surface area contributed by atoms with Gasteiger partial charge in [-0.05, 0) is 63.8 Å². The molecule has 7 heteroatoms. The lowest BCUT2D eigenvalue weighted by molar-refractivity contribution is -0.116. The number of rotatable bonds is 8. The Labute approximate surface area is 185 Å². The third-order valence-electron chi connectivity index (χ3n) is 5.26.